The van der Waals surface area contributed by atoms with Crippen LogP contribution in [0.2, 0.25) is 0 Å². The van der Waals surface area contributed by atoms with Gasteiger partial charge in [-0.3, -0.25) is 4.79 Å². The van der Waals surface area contributed by atoms with Crippen LogP contribution in [0.5, 0.6) is 0 Å². The SMILES string of the molecule is C=C(CC)/C(=C\N(C)C1CCNC1)Nc1ccc(-c2ccc(CC(C)=O)c(C)c2)cn1.CC.Cc1cc(C2(C(F)(F)F)CC2)on1. The van der Waals surface area contributed by atoms with Crippen LogP contribution in [-0.2, 0) is 16.6 Å². The minimum absolute atomic E-state index is 0.0440. The highest BCUT2D eigenvalue weighted by atomic mass is 19.4. The van der Waals surface area contributed by atoms with Crippen molar-refractivity contribution in [3.05, 3.63) is 89.2 Å². The van der Waals surface area contributed by atoms with Gasteiger partial charge in [0.2, 0.25) is 0 Å². The molecule has 5 rings (SSSR count). The van der Waals surface area contributed by atoms with Crippen molar-refractivity contribution in [1.82, 2.24) is 20.4 Å². The van der Waals surface area contributed by atoms with E-state index >= 15 is 0 Å². The van der Waals surface area contributed by atoms with Gasteiger partial charge in [0.25, 0.3) is 0 Å². The summed E-state index contributed by atoms with van der Waals surface area (Å²) >= 11 is 0. The van der Waals surface area contributed by atoms with Crippen molar-refractivity contribution in [2.45, 2.75) is 91.3 Å². The lowest BCUT2D eigenvalue weighted by Crippen LogP contribution is -2.30. The molecule has 1 unspecified atom stereocenters. The molecule has 10 heteroatoms. The second-order valence-corrected chi connectivity index (χ2v) is 11.8. The molecule has 0 amide bonds. The highest BCUT2D eigenvalue weighted by Gasteiger charge is 2.66. The van der Waals surface area contributed by atoms with Gasteiger partial charge in [0.1, 0.15) is 17.0 Å². The maximum absolute atomic E-state index is 12.5. The van der Waals surface area contributed by atoms with Gasteiger partial charge >= 0.3 is 6.18 Å². The molecule has 7 nitrogen and oxygen atoms in total. The molecular weight excluding hydrogens is 591 g/mol. The standard InChI is InChI=1S/C26H34N4O.C8H8F3NO.C2H6/c1-6-18(2)25(17-30(5)24-11-12-27-16-24)29-26-10-9-23(15-28-26)22-8-7-21(14-20(4)31)19(3)13-22;1-5-4-6(13-12-5)7(2-3-7)8(9,10)11;1-2/h7-10,13,15,17,24,27H,2,6,11-12,14,16H2,1,3-5H3,(H,28,29);4H,2-3H2,1H3;1-2H3/b25-17+;;. The predicted octanol–water partition coefficient (Wildman–Crippen LogP) is 8.30. The van der Waals surface area contributed by atoms with Gasteiger partial charge in [-0.1, -0.05) is 50.7 Å². The van der Waals surface area contributed by atoms with E-state index in [-0.39, 0.29) is 24.4 Å². The first-order valence-electron chi connectivity index (χ1n) is 16.0. The second kappa shape index (κ2) is 16.1. The lowest BCUT2D eigenvalue weighted by Gasteiger charge is -2.24. The summed E-state index contributed by atoms with van der Waals surface area (Å²) in [6, 6.07) is 12.2. The Hall–Kier alpha value is -3.92. The molecule has 46 heavy (non-hydrogen) atoms. The fourth-order valence-corrected chi connectivity index (χ4v) is 5.20. The quantitative estimate of drug-likeness (QED) is 0.216. The van der Waals surface area contributed by atoms with E-state index in [4.69, 9.17) is 0 Å². The Morgan fingerprint density at radius 2 is 1.87 bits per heavy atom. The van der Waals surface area contributed by atoms with Crippen molar-refractivity contribution in [2.75, 3.05) is 25.5 Å². The van der Waals surface area contributed by atoms with Gasteiger partial charge in [0.05, 0.1) is 11.4 Å². The first kappa shape index (κ1) is 36.5. The Labute approximate surface area is 271 Å². The summed E-state index contributed by atoms with van der Waals surface area (Å²) in [5, 5.41) is 10.3. The minimum Gasteiger partial charge on any atom is -0.374 e. The van der Waals surface area contributed by atoms with E-state index in [1.54, 1.807) is 13.8 Å². The lowest BCUT2D eigenvalue weighted by atomic mass is 9.98. The predicted molar refractivity (Wildman–Crippen MR) is 179 cm³/mol. The first-order valence-corrected chi connectivity index (χ1v) is 16.0. The van der Waals surface area contributed by atoms with Crippen LogP contribution < -0.4 is 10.6 Å². The van der Waals surface area contributed by atoms with E-state index in [0.717, 1.165) is 65.3 Å². The second-order valence-electron chi connectivity index (χ2n) is 11.8. The van der Waals surface area contributed by atoms with Gasteiger partial charge in [-0.25, -0.2) is 4.98 Å². The fourth-order valence-electron chi connectivity index (χ4n) is 5.20. The number of pyridine rings is 1. The molecule has 1 atom stereocenters. The third-order valence-electron chi connectivity index (χ3n) is 8.28. The number of anilines is 1. The Bertz CT molecular complexity index is 1480. The molecule has 3 heterocycles. The molecule has 2 fully saturated rings. The zero-order chi connectivity index (χ0) is 34.1. The molecule has 2 N–H and O–H groups in total. The molecule has 0 spiro atoms. The number of carbonyl (C=O) groups is 1. The highest BCUT2D eigenvalue weighted by molar-refractivity contribution is 5.79. The van der Waals surface area contributed by atoms with Crippen molar-refractivity contribution in [3.8, 4) is 11.1 Å². The van der Waals surface area contributed by atoms with Crippen molar-refractivity contribution in [3.63, 3.8) is 0 Å². The summed E-state index contributed by atoms with van der Waals surface area (Å²) in [6.07, 6.45) is 2.56. The van der Waals surface area contributed by atoms with Gasteiger partial charge in [-0.05, 0) is 87.4 Å². The molecule has 1 aromatic carbocycles. The van der Waals surface area contributed by atoms with Crippen LogP contribution >= 0.6 is 0 Å². The molecule has 1 aliphatic heterocycles. The van der Waals surface area contributed by atoms with Crippen LogP contribution in [0.3, 0.4) is 0 Å². The largest absolute Gasteiger partial charge is 0.401 e. The maximum atomic E-state index is 12.5. The van der Waals surface area contributed by atoms with Crippen LogP contribution in [-0.4, -0.2) is 53.2 Å². The van der Waals surface area contributed by atoms with E-state index in [1.165, 1.54) is 6.07 Å². The smallest absolute Gasteiger partial charge is 0.374 e. The summed E-state index contributed by atoms with van der Waals surface area (Å²) in [4.78, 5) is 18.3. The number of ketones is 1. The van der Waals surface area contributed by atoms with Crippen LogP contribution in [0.25, 0.3) is 11.1 Å². The van der Waals surface area contributed by atoms with Gasteiger partial charge in [0, 0.05) is 50.1 Å². The molecule has 1 saturated carbocycles. The number of halogens is 3. The fraction of sp³-hybridized carbons (Fsp3) is 0.472. The number of Topliss-reactive ketones (excluding diaryl/α,β-unsaturated/α-hetero) is 1. The topological polar surface area (TPSA) is 83.3 Å². The summed E-state index contributed by atoms with van der Waals surface area (Å²) in [5.74, 6) is 0.935. The number of aryl methyl sites for hydroxylation is 2. The number of likely N-dealkylation sites (N-methyl/N-ethyl adjacent to an activating group) is 1. The van der Waals surface area contributed by atoms with Crippen molar-refractivity contribution in [1.29, 1.82) is 0 Å². The number of allylic oxidation sites excluding steroid dienone is 1. The maximum Gasteiger partial charge on any atom is 0.401 e. The Morgan fingerprint density at radius 1 is 1.17 bits per heavy atom. The van der Waals surface area contributed by atoms with E-state index in [0.29, 0.717) is 18.2 Å². The molecule has 2 aliphatic rings. The first-order chi connectivity index (χ1) is 21.8. The number of nitrogens with one attached hydrogen (secondary N) is 2. The molecule has 2 aromatic heterocycles. The van der Waals surface area contributed by atoms with E-state index in [9.17, 15) is 18.0 Å². The molecule has 1 saturated heterocycles. The molecule has 3 aromatic rings. The van der Waals surface area contributed by atoms with Crippen molar-refractivity contribution >= 4 is 11.6 Å². The Morgan fingerprint density at radius 3 is 2.35 bits per heavy atom. The molecule has 0 radical (unpaired) electrons. The van der Waals surface area contributed by atoms with Gasteiger partial charge in [-0.2, -0.15) is 13.2 Å². The summed E-state index contributed by atoms with van der Waals surface area (Å²) < 4.78 is 42.2. The number of aromatic nitrogens is 2. The van der Waals surface area contributed by atoms with Crippen LogP contribution in [0.4, 0.5) is 19.0 Å². The number of hydrogen-bond acceptors (Lipinski definition) is 7. The van der Waals surface area contributed by atoms with Crippen LogP contribution in [0, 0.1) is 13.8 Å². The molecule has 250 valence electrons. The Kier molecular flexibility index (Phi) is 12.8. The summed E-state index contributed by atoms with van der Waals surface area (Å²) in [5.41, 5.74) is 5.19. The molecule has 1 aliphatic carbocycles. The van der Waals surface area contributed by atoms with Gasteiger partial charge in [-0.15, -0.1) is 0 Å². The van der Waals surface area contributed by atoms with Crippen molar-refractivity contribution in [2.24, 2.45) is 0 Å². The van der Waals surface area contributed by atoms with Crippen LogP contribution in [0.1, 0.15) is 76.0 Å². The van der Waals surface area contributed by atoms with Gasteiger partial charge < -0.3 is 20.1 Å². The number of alkyl halides is 3. The minimum atomic E-state index is -4.21. The van der Waals surface area contributed by atoms with E-state index < -0.39 is 11.6 Å². The Balaban J connectivity index is 0.000000318. The molecule has 0 bridgehead atoms. The zero-order valence-electron chi connectivity index (χ0n) is 28.1. The molecular formula is C36H48F3N5O2. The highest BCUT2D eigenvalue weighted by Crippen LogP contribution is 2.58. The zero-order valence-corrected chi connectivity index (χ0v) is 28.1. The normalized spacial score (nSPS) is 16.8. The summed E-state index contributed by atoms with van der Waals surface area (Å²) in [7, 11) is 2.12. The van der Waals surface area contributed by atoms with Crippen LogP contribution in [0.15, 0.2) is 71.2 Å². The van der Waals surface area contributed by atoms with E-state index in [1.807, 2.05) is 32.2 Å². The van der Waals surface area contributed by atoms with Crippen molar-refractivity contribution < 1.29 is 22.5 Å². The number of rotatable bonds is 10. The average molecular weight is 640 g/mol. The third-order valence-corrected chi connectivity index (χ3v) is 8.28. The summed E-state index contributed by atoms with van der Waals surface area (Å²) in [6.45, 7) is 17.7. The average Bonchev–Trinajstić information content (AvgIpc) is 3.45. The number of benzene rings is 1. The number of carbonyl (C=O) groups excluding carboxylic acids is 1. The van der Waals surface area contributed by atoms with Gasteiger partial charge in [0.15, 0.2) is 5.76 Å². The monoisotopic (exact) mass is 639 g/mol. The third kappa shape index (κ3) is 9.31. The van der Waals surface area contributed by atoms with E-state index in [2.05, 4.69) is 82.1 Å². The lowest BCUT2D eigenvalue weighted by molar-refractivity contribution is -0.165. The number of nitrogens with zero attached hydrogens (tertiary/aromatic N) is 3. The number of hydrogen-bond donors (Lipinski definition) is 2.